The van der Waals surface area contributed by atoms with Gasteiger partial charge in [-0.2, -0.15) is 5.10 Å². The first-order valence-corrected chi connectivity index (χ1v) is 7.95. The monoisotopic (exact) mass is 346 g/mol. The Kier molecular flexibility index (Phi) is 4.80. The molecule has 0 bridgehead atoms. The fourth-order valence-corrected chi connectivity index (χ4v) is 2.83. The molecule has 0 saturated carbocycles. The third kappa shape index (κ3) is 3.39. The third-order valence-corrected chi connectivity index (χ3v) is 3.95. The van der Waals surface area contributed by atoms with Gasteiger partial charge in [-0.25, -0.2) is 9.07 Å². The van der Waals surface area contributed by atoms with E-state index in [2.05, 4.69) is 10.4 Å². The van der Waals surface area contributed by atoms with E-state index in [0.717, 1.165) is 4.68 Å². The number of halogens is 1. The third-order valence-electron chi connectivity index (χ3n) is 3.95. The number of ether oxygens (including phenoxy) is 1. The van der Waals surface area contributed by atoms with E-state index >= 15 is 0 Å². The van der Waals surface area contributed by atoms with E-state index in [1.54, 1.807) is 30.6 Å². The van der Waals surface area contributed by atoms with E-state index in [4.69, 9.17) is 4.74 Å². The second-order valence-electron chi connectivity index (χ2n) is 5.77. The highest BCUT2D eigenvalue weighted by Crippen LogP contribution is 2.20. The summed E-state index contributed by atoms with van der Waals surface area (Å²) in [6, 6.07) is 5.93. The van der Waals surface area contributed by atoms with E-state index < -0.39 is 5.56 Å². The smallest absolute Gasteiger partial charge is 0.291 e. The van der Waals surface area contributed by atoms with Crippen LogP contribution in [0, 0.1) is 12.7 Å². The van der Waals surface area contributed by atoms with Gasteiger partial charge < -0.3 is 10.1 Å². The van der Waals surface area contributed by atoms with Gasteiger partial charge in [0, 0.05) is 25.6 Å². The first-order chi connectivity index (χ1) is 12.0. The van der Waals surface area contributed by atoms with Gasteiger partial charge in [0.2, 0.25) is 5.91 Å². The molecule has 1 aromatic carbocycles. The topological polar surface area (TPSA) is 77.6 Å². The zero-order valence-corrected chi connectivity index (χ0v) is 14.1. The molecule has 132 valence electrons. The van der Waals surface area contributed by atoms with Crippen LogP contribution in [0.4, 0.5) is 4.39 Å². The highest BCUT2D eigenvalue weighted by atomic mass is 19.1. The number of carbonyl (C=O) groups excluding carboxylic acids is 1. The number of nitrogens with one attached hydrogen (secondary N) is 1. The standard InChI is InChI=1S/C17H19FN4O3/c1-11-20-21(10-16(23)19-6-3-7-25-2)17(24)15-9-12-8-13(18)4-5-14(12)22(11)15/h4-5,8-9H,3,6-7,10H2,1-2H3,(H,19,23). The summed E-state index contributed by atoms with van der Waals surface area (Å²) in [5.41, 5.74) is 0.671. The lowest BCUT2D eigenvalue weighted by molar-refractivity contribution is -0.121. The Morgan fingerprint density at radius 2 is 2.12 bits per heavy atom. The largest absolute Gasteiger partial charge is 0.385 e. The van der Waals surface area contributed by atoms with Crippen molar-refractivity contribution in [3.8, 4) is 0 Å². The van der Waals surface area contributed by atoms with Crippen LogP contribution in [0.5, 0.6) is 0 Å². The summed E-state index contributed by atoms with van der Waals surface area (Å²) < 4.78 is 21.1. The number of fused-ring (bicyclic) bond motifs is 3. The quantitative estimate of drug-likeness (QED) is 0.682. The molecule has 25 heavy (non-hydrogen) atoms. The van der Waals surface area contributed by atoms with Gasteiger partial charge in [-0.05, 0) is 37.6 Å². The van der Waals surface area contributed by atoms with Crippen molar-refractivity contribution in [1.82, 2.24) is 19.5 Å². The molecule has 0 saturated heterocycles. The number of carbonyl (C=O) groups is 1. The zero-order chi connectivity index (χ0) is 18.0. The lowest BCUT2D eigenvalue weighted by Gasteiger charge is -2.09. The Balaban J connectivity index is 1.92. The molecule has 0 radical (unpaired) electrons. The molecule has 7 nitrogen and oxygen atoms in total. The fourth-order valence-electron chi connectivity index (χ4n) is 2.83. The lowest BCUT2D eigenvalue weighted by atomic mass is 10.2. The summed E-state index contributed by atoms with van der Waals surface area (Å²) in [6.45, 7) is 2.59. The Morgan fingerprint density at radius 1 is 1.32 bits per heavy atom. The maximum absolute atomic E-state index is 13.4. The molecule has 0 aliphatic heterocycles. The molecule has 0 unspecified atom stereocenters. The average Bonchev–Trinajstić information content (AvgIpc) is 2.95. The number of benzene rings is 1. The number of hydrogen-bond donors (Lipinski definition) is 1. The zero-order valence-electron chi connectivity index (χ0n) is 14.1. The number of rotatable bonds is 6. The maximum atomic E-state index is 13.4. The molecule has 1 N–H and O–H groups in total. The van der Waals surface area contributed by atoms with E-state index in [1.165, 1.54) is 12.1 Å². The SMILES string of the molecule is COCCCNC(=O)Cn1nc(C)n2c(cc3cc(F)ccc32)c1=O. The van der Waals surface area contributed by atoms with Crippen LogP contribution in [0.3, 0.4) is 0 Å². The van der Waals surface area contributed by atoms with Crippen molar-refractivity contribution in [3.63, 3.8) is 0 Å². The van der Waals surface area contributed by atoms with Crippen molar-refractivity contribution in [1.29, 1.82) is 0 Å². The van der Waals surface area contributed by atoms with Crippen molar-refractivity contribution >= 4 is 22.3 Å². The predicted octanol–water partition coefficient (Wildman–Crippen LogP) is 1.25. The molecule has 0 spiro atoms. The number of amides is 1. The van der Waals surface area contributed by atoms with Crippen molar-refractivity contribution < 1.29 is 13.9 Å². The lowest BCUT2D eigenvalue weighted by Crippen LogP contribution is -2.35. The van der Waals surface area contributed by atoms with Crippen LogP contribution < -0.4 is 10.9 Å². The molecule has 2 aromatic heterocycles. The second kappa shape index (κ2) is 7.02. The molecule has 0 atom stereocenters. The second-order valence-corrected chi connectivity index (χ2v) is 5.77. The van der Waals surface area contributed by atoms with Crippen LogP contribution in [0.1, 0.15) is 12.2 Å². The van der Waals surface area contributed by atoms with Crippen molar-refractivity contribution in [2.45, 2.75) is 19.9 Å². The summed E-state index contributed by atoms with van der Waals surface area (Å²) >= 11 is 0. The van der Waals surface area contributed by atoms with Crippen LogP contribution in [-0.2, 0) is 16.1 Å². The molecule has 1 amide bonds. The summed E-state index contributed by atoms with van der Waals surface area (Å²) in [5, 5.41) is 7.55. The number of aromatic nitrogens is 3. The fraction of sp³-hybridized carbons (Fsp3) is 0.353. The normalized spacial score (nSPS) is 11.3. The number of methoxy groups -OCH3 is 1. The molecular formula is C17H19FN4O3. The van der Waals surface area contributed by atoms with Crippen molar-refractivity contribution in [3.05, 3.63) is 46.3 Å². The van der Waals surface area contributed by atoms with Gasteiger partial charge in [-0.1, -0.05) is 0 Å². The van der Waals surface area contributed by atoms with Gasteiger partial charge in [-0.15, -0.1) is 0 Å². The van der Waals surface area contributed by atoms with Gasteiger partial charge in [-0.3, -0.25) is 14.0 Å². The number of nitrogens with zero attached hydrogens (tertiary/aromatic N) is 3. The van der Waals surface area contributed by atoms with E-state index in [9.17, 15) is 14.0 Å². The van der Waals surface area contributed by atoms with Gasteiger partial charge in [0.05, 0.1) is 5.52 Å². The Bertz CT molecular complexity index is 993. The highest BCUT2D eigenvalue weighted by Gasteiger charge is 2.14. The van der Waals surface area contributed by atoms with Gasteiger partial charge in [0.25, 0.3) is 5.56 Å². The van der Waals surface area contributed by atoms with Crippen molar-refractivity contribution in [2.24, 2.45) is 0 Å². The minimum Gasteiger partial charge on any atom is -0.385 e. The summed E-state index contributed by atoms with van der Waals surface area (Å²) in [4.78, 5) is 24.6. The van der Waals surface area contributed by atoms with Gasteiger partial charge in [0.1, 0.15) is 23.7 Å². The van der Waals surface area contributed by atoms with Crippen LogP contribution in [0.2, 0.25) is 0 Å². The van der Waals surface area contributed by atoms with E-state index in [0.29, 0.717) is 41.8 Å². The molecule has 8 heteroatoms. The minimum absolute atomic E-state index is 0.168. The van der Waals surface area contributed by atoms with Gasteiger partial charge in [0.15, 0.2) is 0 Å². The molecule has 0 fully saturated rings. The Labute approximate surface area is 143 Å². The average molecular weight is 346 g/mol. The van der Waals surface area contributed by atoms with E-state index in [1.807, 2.05) is 0 Å². The first kappa shape index (κ1) is 17.1. The first-order valence-electron chi connectivity index (χ1n) is 7.95. The van der Waals surface area contributed by atoms with Gasteiger partial charge >= 0.3 is 0 Å². The molecule has 0 aliphatic carbocycles. The summed E-state index contributed by atoms with van der Waals surface area (Å²) in [5.74, 6) is -0.121. The summed E-state index contributed by atoms with van der Waals surface area (Å²) in [7, 11) is 1.59. The van der Waals surface area contributed by atoms with E-state index in [-0.39, 0.29) is 18.3 Å². The Morgan fingerprint density at radius 3 is 2.88 bits per heavy atom. The molecule has 3 rings (SSSR count). The number of hydrogen-bond acceptors (Lipinski definition) is 4. The van der Waals surface area contributed by atoms with Crippen LogP contribution >= 0.6 is 0 Å². The molecular weight excluding hydrogens is 327 g/mol. The van der Waals surface area contributed by atoms with Crippen molar-refractivity contribution in [2.75, 3.05) is 20.3 Å². The minimum atomic E-state index is -0.394. The molecule has 2 heterocycles. The summed E-state index contributed by atoms with van der Waals surface area (Å²) in [6.07, 6.45) is 0.693. The number of aryl methyl sites for hydroxylation is 1. The Hall–Kier alpha value is -2.74. The van der Waals surface area contributed by atoms with Crippen LogP contribution in [0.15, 0.2) is 29.1 Å². The van der Waals surface area contributed by atoms with Crippen LogP contribution in [-0.4, -0.2) is 40.3 Å². The van der Waals surface area contributed by atoms with Crippen LogP contribution in [0.25, 0.3) is 16.4 Å². The molecule has 0 aliphatic rings. The predicted molar refractivity (Wildman–Crippen MR) is 91.2 cm³/mol. The highest BCUT2D eigenvalue weighted by molar-refractivity contribution is 5.87. The molecule has 3 aromatic rings. The maximum Gasteiger partial charge on any atom is 0.291 e.